The first-order valence-electron chi connectivity index (χ1n) is 39.0. The quantitative estimate of drug-likeness (QED) is 0.0352. The van der Waals surface area contributed by atoms with Crippen LogP contribution in [0.4, 0.5) is 17.6 Å². The van der Waals surface area contributed by atoms with E-state index < -0.39 is 34.4 Å². The van der Waals surface area contributed by atoms with Gasteiger partial charge in [0.05, 0.1) is 130 Å². The van der Waals surface area contributed by atoms with Crippen molar-refractivity contribution >= 4 is 180 Å². The molecule has 0 spiro atoms. The summed E-state index contributed by atoms with van der Waals surface area (Å²) in [5.74, 6) is -5.92. The Morgan fingerprint density at radius 2 is 0.463 bits per heavy atom. The number of nitrogens with zero attached hydrogens (tertiary/aromatic N) is 8. The zero-order chi connectivity index (χ0) is 81.1. The number of hydrogen-bond donors (Lipinski definition) is 0. The molecule has 0 aliphatic heterocycles. The molecule has 1 aliphatic carbocycles. The molecule has 8 heterocycles. The van der Waals surface area contributed by atoms with Gasteiger partial charge in [-0.15, -0.1) is 45.3 Å². The standard InChI is InChI=1S/C68H40N6S2.C20H8F4N2S2.C13H10.CH2O3.2K.H/c1-11-31-51-41(21-1)42-22-2-12-32-52(42)71(51)63-61(67-69-49-29-9-19-39-59(49)75-67)65(73-55-35-15-5-25-45(55)46-26-6-16-36-56(46)73)66(74-57-37-17-7-27-47(57)48-28-8-18-38-58(48)74)62(68-70-50-30-10-20-40-60(50)76-68)64(63)72-53-33-13-3-23-43(53)44-24-4-14-34-54(44)72;21-15-13(19-25-9-5-1-3-7-11(9)27-19)16(22)18(24)14(17(15)23)20-26-10-6-2-4-8-12(10)28-20;1-3-7-12-10(5-1)9-11-6-2-4-8-13(11)12;2-1-4-3;;;/h1-40H;1-8H;1-8H,9H2;1,3H;;;/q;;;;2*+1;-1/p-1. The smallest absolute Gasteiger partial charge is 1.00 e. The third kappa shape index (κ3) is 13.5. The summed E-state index contributed by atoms with van der Waals surface area (Å²) < 4.78 is 73.1. The van der Waals surface area contributed by atoms with Crippen molar-refractivity contribution in [2.45, 2.75) is 6.42 Å². The Kier molecular flexibility index (Phi) is 21.8. The Balaban J connectivity index is 0.000000171. The van der Waals surface area contributed by atoms with E-state index in [4.69, 9.17) is 20.0 Å². The maximum absolute atomic E-state index is 14.8. The van der Waals surface area contributed by atoms with Crippen molar-refractivity contribution in [2.75, 3.05) is 0 Å². The van der Waals surface area contributed by atoms with Crippen LogP contribution < -0.4 is 108 Å². The second-order valence-electron chi connectivity index (χ2n) is 29.3. The Morgan fingerprint density at radius 1 is 0.276 bits per heavy atom. The second-order valence-corrected chi connectivity index (χ2v) is 33.4. The van der Waals surface area contributed by atoms with Crippen molar-refractivity contribution in [1.82, 2.24) is 38.2 Å². The molecule has 580 valence electrons. The minimum atomic E-state index is -1.48. The third-order valence-corrected chi connectivity index (χ3v) is 26.9. The number of para-hydroxylation sites is 12. The first-order valence-corrected chi connectivity index (χ1v) is 42.3. The summed E-state index contributed by atoms with van der Waals surface area (Å²) in [5.41, 5.74) is 21.9. The Labute approximate surface area is 801 Å². The van der Waals surface area contributed by atoms with Crippen molar-refractivity contribution < 1.29 is 137 Å². The topological polar surface area (TPSA) is 121 Å². The molecule has 25 rings (SSSR count). The van der Waals surface area contributed by atoms with Gasteiger partial charge in [0, 0.05) is 43.1 Å². The fourth-order valence-electron chi connectivity index (χ4n) is 17.6. The zero-order valence-corrected chi connectivity index (χ0v) is 75.1. The molecule has 16 aromatic carbocycles. The molecule has 0 saturated carbocycles. The van der Waals surface area contributed by atoms with E-state index in [2.05, 4.69) is 324 Å². The van der Waals surface area contributed by atoms with Crippen molar-refractivity contribution in [3.05, 3.63) is 374 Å². The predicted octanol–water partition coefficient (Wildman–Crippen LogP) is 21.2. The van der Waals surface area contributed by atoms with Crippen LogP contribution in [0.25, 0.3) is 204 Å². The van der Waals surface area contributed by atoms with Gasteiger partial charge in [-0.25, -0.2) is 37.5 Å². The average molecular weight is 1730 g/mol. The summed E-state index contributed by atoms with van der Waals surface area (Å²) in [6.07, 6.45) is 1.10. The molecule has 8 aromatic heterocycles. The van der Waals surface area contributed by atoms with E-state index in [9.17, 15) is 17.6 Å². The largest absolute Gasteiger partial charge is 1.00 e. The van der Waals surface area contributed by atoms with Gasteiger partial charge >= 0.3 is 103 Å². The Hall–Kier alpha value is -11.3. The minimum absolute atomic E-state index is 0. The number of fused-ring (bicyclic) bond motifs is 19. The summed E-state index contributed by atoms with van der Waals surface area (Å²) in [5, 5.41) is 19.4. The summed E-state index contributed by atoms with van der Waals surface area (Å²) >= 11 is 5.44. The van der Waals surface area contributed by atoms with Crippen molar-refractivity contribution in [2.24, 2.45) is 0 Å². The van der Waals surface area contributed by atoms with Crippen LogP contribution in [0.3, 0.4) is 0 Å². The van der Waals surface area contributed by atoms with Gasteiger partial charge in [0.1, 0.15) is 20.0 Å². The Bertz CT molecular complexity index is 7250. The van der Waals surface area contributed by atoms with E-state index in [0.717, 1.165) is 138 Å². The third-order valence-electron chi connectivity index (χ3n) is 22.7. The summed E-state index contributed by atoms with van der Waals surface area (Å²) in [7, 11) is 0. The van der Waals surface area contributed by atoms with Crippen LogP contribution in [0, 0.1) is 23.3 Å². The van der Waals surface area contributed by atoms with Crippen LogP contribution in [-0.2, 0) is 16.1 Å². The molecule has 0 unspecified atom stereocenters. The van der Waals surface area contributed by atoms with E-state index in [-0.39, 0.29) is 121 Å². The SMILES string of the molecule is Fc1c(F)c(-c2nc3ccccc3s2)c(F)c(F)c1-c1nc2ccccc2s1.O=CO[O-].[H-].[K+].[K+].c1ccc2c(c1)Cc1ccccc1-2.c1ccc2sc(-c3c(-n4c5ccccc5c5ccccc54)c(-n4c5ccccc5c5ccccc54)c(-c4nc5ccccc5s4)c(-n4c5ccccc5c5ccccc54)c3-n3c4ccccc4c4ccccc43)nc2c1. The average Bonchev–Trinajstić information content (AvgIpc) is 1.47. The van der Waals surface area contributed by atoms with E-state index in [1.165, 1.54) is 65.3 Å². The number of carbonyl (C=O) groups is 1. The maximum Gasteiger partial charge on any atom is 1.00 e. The first-order chi connectivity index (χ1) is 59.7. The van der Waals surface area contributed by atoms with Crippen molar-refractivity contribution in [1.29, 1.82) is 0 Å². The van der Waals surface area contributed by atoms with E-state index in [1.807, 2.05) is 0 Å². The summed E-state index contributed by atoms with van der Waals surface area (Å²) in [6, 6.07) is 120. The van der Waals surface area contributed by atoms with Crippen LogP contribution >= 0.6 is 45.3 Å². The van der Waals surface area contributed by atoms with Gasteiger partial charge in [-0.1, -0.05) is 243 Å². The Morgan fingerprint density at radius 3 is 0.683 bits per heavy atom. The molecule has 0 atom stereocenters. The first kappa shape index (κ1) is 80.1. The molecular weight excluding hydrogens is 1670 g/mol. The molecule has 0 saturated heterocycles. The number of thiazole rings is 4. The number of halogens is 4. The molecule has 0 bridgehead atoms. The van der Waals surface area contributed by atoms with Gasteiger partial charge in [-0.05, 0) is 126 Å². The van der Waals surface area contributed by atoms with Gasteiger partial charge in [0.15, 0.2) is 23.3 Å². The molecular formula is C102H60F4K2N8O3S4. The fraction of sp³-hybridized carbons (Fsp3) is 0.00980. The molecule has 24 aromatic rings. The molecule has 0 fully saturated rings. The summed E-state index contributed by atoms with van der Waals surface area (Å²) in [6.45, 7) is -0.181. The molecule has 1 aliphatic rings. The molecule has 0 radical (unpaired) electrons. The van der Waals surface area contributed by atoms with E-state index in [1.54, 1.807) is 71.2 Å². The minimum Gasteiger partial charge on any atom is -1.00 e. The maximum atomic E-state index is 14.8. The summed E-state index contributed by atoms with van der Waals surface area (Å²) in [4.78, 5) is 31.2. The zero-order valence-electron chi connectivity index (χ0n) is 66.6. The van der Waals surface area contributed by atoms with Gasteiger partial charge in [0.25, 0.3) is 6.47 Å². The van der Waals surface area contributed by atoms with Crippen LogP contribution in [0.15, 0.2) is 340 Å². The number of carbonyl (C=O) groups excluding carboxylic acids is 1. The predicted molar refractivity (Wildman–Crippen MR) is 487 cm³/mol. The van der Waals surface area contributed by atoms with Gasteiger partial charge in [-0.2, -0.15) is 0 Å². The van der Waals surface area contributed by atoms with Crippen LogP contribution in [0.2, 0.25) is 0 Å². The van der Waals surface area contributed by atoms with Crippen LogP contribution in [0.5, 0.6) is 0 Å². The van der Waals surface area contributed by atoms with Crippen LogP contribution in [0.1, 0.15) is 12.6 Å². The fourth-order valence-corrected chi connectivity index (χ4v) is 21.7. The van der Waals surface area contributed by atoms with E-state index in [0.29, 0.717) is 20.4 Å². The number of rotatable bonds is 9. The molecule has 21 heteroatoms. The molecule has 0 amide bonds. The van der Waals surface area contributed by atoms with Gasteiger partial charge in [0.2, 0.25) is 0 Å². The number of hydrogen-bond acceptors (Lipinski definition) is 11. The van der Waals surface area contributed by atoms with Crippen molar-refractivity contribution in [3.63, 3.8) is 0 Å². The monoisotopic (exact) mass is 1730 g/mol. The van der Waals surface area contributed by atoms with Gasteiger partial charge in [-0.3, -0.25) is 4.79 Å². The normalized spacial score (nSPS) is 11.7. The molecule has 0 N–H and O–H groups in total. The van der Waals surface area contributed by atoms with Crippen molar-refractivity contribution in [3.8, 4) is 76.2 Å². The molecule has 123 heavy (non-hydrogen) atoms. The van der Waals surface area contributed by atoms with Crippen LogP contribution in [-0.4, -0.2) is 44.7 Å². The number of benzene rings is 16. The second kappa shape index (κ2) is 33.4. The van der Waals surface area contributed by atoms with Gasteiger partial charge < -0.3 is 29.8 Å². The molecule has 11 nitrogen and oxygen atoms in total. The number of aromatic nitrogens is 8. The van der Waals surface area contributed by atoms with E-state index >= 15 is 0 Å².